The third kappa shape index (κ3) is 3.30. The van der Waals surface area contributed by atoms with Gasteiger partial charge in [0.2, 0.25) is 5.92 Å². The van der Waals surface area contributed by atoms with Gasteiger partial charge in [-0.2, -0.15) is 11.8 Å². The lowest BCUT2D eigenvalue weighted by molar-refractivity contribution is -0.0323. The molecule has 72 valence electrons. The normalized spacial score (nSPS) is 24.2. The molecule has 0 bridgehead atoms. The summed E-state index contributed by atoms with van der Waals surface area (Å²) in [6.45, 7) is 2.13. The van der Waals surface area contributed by atoms with Crippen LogP contribution < -0.4 is 0 Å². The second kappa shape index (κ2) is 4.45. The quantitative estimate of drug-likeness (QED) is 0.660. The topological polar surface area (TPSA) is 0 Å². The monoisotopic (exact) mass is 194 g/mol. The van der Waals surface area contributed by atoms with E-state index in [0.29, 0.717) is 18.1 Å². The van der Waals surface area contributed by atoms with Crippen LogP contribution in [0.15, 0.2) is 0 Å². The van der Waals surface area contributed by atoms with Crippen molar-refractivity contribution in [2.45, 2.75) is 50.2 Å². The molecule has 1 aliphatic rings. The molecular formula is C9H16F2S. The Labute approximate surface area is 77.1 Å². The van der Waals surface area contributed by atoms with Crippen LogP contribution in [0.1, 0.15) is 39.0 Å². The molecule has 0 spiro atoms. The molecule has 0 aromatic carbocycles. The average molecular weight is 194 g/mol. The molecule has 0 unspecified atom stereocenters. The average Bonchev–Trinajstić information content (AvgIpc) is 2.03. The van der Waals surface area contributed by atoms with Gasteiger partial charge in [-0.3, -0.25) is 0 Å². The van der Waals surface area contributed by atoms with Crippen molar-refractivity contribution in [3.8, 4) is 0 Å². The summed E-state index contributed by atoms with van der Waals surface area (Å²) in [5, 5.41) is 0.504. The lowest BCUT2D eigenvalue weighted by Gasteiger charge is -2.27. The van der Waals surface area contributed by atoms with Crippen molar-refractivity contribution in [1.29, 1.82) is 0 Å². The summed E-state index contributed by atoms with van der Waals surface area (Å²) < 4.78 is 25.4. The predicted octanol–water partition coefficient (Wildman–Crippen LogP) is 3.71. The van der Waals surface area contributed by atoms with E-state index >= 15 is 0 Å². The zero-order valence-corrected chi connectivity index (χ0v) is 8.30. The molecule has 0 saturated heterocycles. The first kappa shape index (κ1) is 10.3. The molecular weight excluding hydrogens is 178 g/mol. The van der Waals surface area contributed by atoms with Gasteiger partial charge in [0.1, 0.15) is 0 Å². The lowest BCUT2D eigenvalue weighted by Crippen LogP contribution is -2.25. The number of alkyl halides is 2. The number of rotatable bonds is 3. The van der Waals surface area contributed by atoms with Crippen molar-refractivity contribution in [3.05, 3.63) is 0 Å². The van der Waals surface area contributed by atoms with Crippen LogP contribution in [0.2, 0.25) is 0 Å². The highest BCUT2D eigenvalue weighted by Gasteiger charge is 2.34. The van der Waals surface area contributed by atoms with Gasteiger partial charge in [0.05, 0.1) is 0 Å². The van der Waals surface area contributed by atoms with Gasteiger partial charge in [0.15, 0.2) is 0 Å². The van der Waals surface area contributed by atoms with Gasteiger partial charge in [-0.1, -0.05) is 6.92 Å². The van der Waals surface area contributed by atoms with Crippen molar-refractivity contribution in [2.75, 3.05) is 5.75 Å². The standard InChI is InChI=1S/C9H16F2S/c1-2-7-12-8-3-5-9(10,11)6-4-8/h8H,2-7H2,1H3. The van der Waals surface area contributed by atoms with Crippen LogP contribution in [0.25, 0.3) is 0 Å². The van der Waals surface area contributed by atoms with Crippen molar-refractivity contribution < 1.29 is 8.78 Å². The Morgan fingerprint density at radius 2 is 1.92 bits per heavy atom. The summed E-state index contributed by atoms with van der Waals surface area (Å²) in [4.78, 5) is 0. The van der Waals surface area contributed by atoms with Crippen molar-refractivity contribution in [2.24, 2.45) is 0 Å². The molecule has 1 saturated carbocycles. The van der Waals surface area contributed by atoms with Gasteiger partial charge < -0.3 is 0 Å². The predicted molar refractivity (Wildman–Crippen MR) is 50.0 cm³/mol. The Balaban J connectivity index is 2.18. The van der Waals surface area contributed by atoms with E-state index < -0.39 is 5.92 Å². The number of hydrogen-bond acceptors (Lipinski definition) is 1. The first-order valence-corrected chi connectivity index (χ1v) is 5.68. The van der Waals surface area contributed by atoms with E-state index in [1.807, 2.05) is 11.8 Å². The highest BCUT2D eigenvalue weighted by molar-refractivity contribution is 7.99. The fourth-order valence-corrected chi connectivity index (χ4v) is 2.60. The van der Waals surface area contributed by atoms with Gasteiger partial charge in [-0.05, 0) is 25.0 Å². The van der Waals surface area contributed by atoms with E-state index in [-0.39, 0.29) is 12.8 Å². The Hall–Kier alpha value is 0.210. The molecule has 3 heteroatoms. The van der Waals surface area contributed by atoms with Crippen LogP contribution in [0.5, 0.6) is 0 Å². The van der Waals surface area contributed by atoms with Gasteiger partial charge in [0, 0.05) is 18.1 Å². The van der Waals surface area contributed by atoms with E-state index in [4.69, 9.17) is 0 Å². The maximum absolute atomic E-state index is 12.7. The SMILES string of the molecule is CCCSC1CCC(F)(F)CC1. The van der Waals surface area contributed by atoms with E-state index in [2.05, 4.69) is 6.92 Å². The molecule has 12 heavy (non-hydrogen) atoms. The summed E-state index contributed by atoms with van der Waals surface area (Å²) in [6, 6.07) is 0. The highest BCUT2D eigenvalue weighted by atomic mass is 32.2. The fraction of sp³-hybridized carbons (Fsp3) is 1.00. The zero-order valence-electron chi connectivity index (χ0n) is 7.48. The Bertz CT molecular complexity index is 126. The third-order valence-electron chi connectivity index (χ3n) is 2.22. The molecule has 0 nitrogen and oxygen atoms in total. The maximum Gasteiger partial charge on any atom is 0.248 e. The maximum atomic E-state index is 12.7. The largest absolute Gasteiger partial charge is 0.248 e. The Morgan fingerprint density at radius 3 is 2.42 bits per heavy atom. The summed E-state index contributed by atoms with van der Waals surface area (Å²) in [5.74, 6) is -1.24. The van der Waals surface area contributed by atoms with E-state index in [9.17, 15) is 8.78 Å². The molecule has 1 aliphatic carbocycles. The van der Waals surface area contributed by atoms with Gasteiger partial charge in [0.25, 0.3) is 0 Å². The van der Waals surface area contributed by atoms with E-state index in [0.717, 1.165) is 12.2 Å². The molecule has 0 heterocycles. The van der Waals surface area contributed by atoms with E-state index in [1.54, 1.807) is 0 Å². The molecule has 0 aromatic rings. The highest BCUT2D eigenvalue weighted by Crippen LogP contribution is 2.37. The molecule has 0 amide bonds. The first-order valence-electron chi connectivity index (χ1n) is 4.63. The van der Waals surface area contributed by atoms with Crippen molar-refractivity contribution >= 4 is 11.8 Å². The van der Waals surface area contributed by atoms with Crippen LogP contribution in [-0.2, 0) is 0 Å². The van der Waals surface area contributed by atoms with Gasteiger partial charge >= 0.3 is 0 Å². The van der Waals surface area contributed by atoms with Gasteiger partial charge in [-0.25, -0.2) is 8.78 Å². The number of thioether (sulfide) groups is 1. The molecule has 0 aliphatic heterocycles. The summed E-state index contributed by atoms with van der Waals surface area (Å²) in [6.07, 6.45) is 2.77. The molecule has 0 N–H and O–H groups in total. The molecule has 1 rings (SSSR count). The van der Waals surface area contributed by atoms with E-state index in [1.165, 1.54) is 0 Å². The number of halogens is 2. The minimum atomic E-state index is -2.36. The molecule has 0 atom stereocenters. The zero-order chi connectivity index (χ0) is 9.03. The molecule has 1 fully saturated rings. The minimum Gasteiger partial charge on any atom is -0.207 e. The van der Waals surface area contributed by atoms with Crippen LogP contribution in [0.4, 0.5) is 8.78 Å². The van der Waals surface area contributed by atoms with Crippen LogP contribution in [0, 0.1) is 0 Å². The second-order valence-electron chi connectivity index (χ2n) is 3.43. The smallest absolute Gasteiger partial charge is 0.207 e. The molecule has 0 radical (unpaired) electrons. The van der Waals surface area contributed by atoms with Crippen LogP contribution in [-0.4, -0.2) is 16.9 Å². The lowest BCUT2D eigenvalue weighted by atomic mass is 9.96. The minimum absolute atomic E-state index is 0.106. The van der Waals surface area contributed by atoms with Crippen LogP contribution in [0.3, 0.4) is 0 Å². The first-order chi connectivity index (χ1) is 5.64. The third-order valence-corrected chi connectivity index (χ3v) is 3.81. The van der Waals surface area contributed by atoms with Crippen molar-refractivity contribution in [1.82, 2.24) is 0 Å². The summed E-state index contributed by atoms with van der Waals surface area (Å²) in [7, 11) is 0. The van der Waals surface area contributed by atoms with Gasteiger partial charge in [-0.15, -0.1) is 0 Å². The summed E-state index contributed by atoms with van der Waals surface area (Å²) >= 11 is 1.86. The molecule has 0 aromatic heterocycles. The Kier molecular flexibility index (Phi) is 3.81. The summed E-state index contributed by atoms with van der Waals surface area (Å²) in [5.41, 5.74) is 0. The fourth-order valence-electron chi connectivity index (χ4n) is 1.46. The second-order valence-corrected chi connectivity index (χ2v) is 4.83. The number of hydrogen-bond donors (Lipinski definition) is 0. The van der Waals surface area contributed by atoms with Crippen LogP contribution >= 0.6 is 11.8 Å². The van der Waals surface area contributed by atoms with Crippen molar-refractivity contribution in [3.63, 3.8) is 0 Å². The Morgan fingerprint density at radius 1 is 1.33 bits per heavy atom.